The minimum Gasteiger partial charge on any atom is -0.351 e. The number of carbonyl (C=O) groups excluding carboxylic acids is 1. The Morgan fingerprint density at radius 1 is 1.33 bits per heavy atom. The summed E-state index contributed by atoms with van der Waals surface area (Å²) in [4.78, 5) is 17.5. The number of amides is 1. The van der Waals surface area contributed by atoms with Crippen molar-refractivity contribution in [2.45, 2.75) is 38.5 Å². The van der Waals surface area contributed by atoms with Crippen molar-refractivity contribution >= 4 is 17.2 Å². The van der Waals surface area contributed by atoms with Crippen molar-refractivity contribution in [3.8, 4) is 0 Å². The predicted molar refractivity (Wildman–Crippen MR) is 85.9 cm³/mol. The monoisotopic (exact) mass is 300 g/mol. The molecule has 1 amide bonds. The predicted octanol–water partition coefficient (Wildman–Crippen LogP) is 3.69. The van der Waals surface area contributed by atoms with Crippen molar-refractivity contribution in [1.82, 2.24) is 10.3 Å². The number of thiazole rings is 1. The number of aryl methyl sites for hydroxylation is 2. The van der Waals surface area contributed by atoms with Gasteiger partial charge in [-0.3, -0.25) is 4.79 Å². The highest BCUT2D eigenvalue weighted by atomic mass is 32.1. The SMILES string of the molecule is Cc1nc(C2CC2)sc1C(=O)NCCCc1ccccc1. The molecule has 110 valence electrons. The molecule has 0 unspecified atom stereocenters. The van der Waals surface area contributed by atoms with Crippen LogP contribution in [0.4, 0.5) is 0 Å². The zero-order valence-corrected chi connectivity index (χ0v) is 13.1. The van der Waals surface area contributed by atoms with Crippen LogP contribution in [0.5, 0.6) is 0 Å². The Bertz CT molecular complexity index is 617. The van der Waals surface area contributed by atoms with Crippen molar-refractivity contribution in [3.05, 3.63) is 51.5 Å². The molecule has 1 saturated carbocycles. The maximum Gasteiger partial charge on any atom is 0.263 e. The molecule has 1 aromatic carbocycles. The molecule has 21 heavy (non-hydrogen) atoms. The second kappa shape index (κ2) is 6.39. The Balaban J connectivity index is 1.48. The summed E-state index contributed by atoms with van der Waals surface area (Å²) in [6.07, 6.45) is 4.41. The van der Waals surface area contributed by atoms with E-state index in [1.807, 2.05) is 25.1 Å². The molecule has 1 aromatic heterocycles. The molecule has 1 heterocycles. The molecule has 1 N–H and O–H groups in total. The number of hydrogen-bond donors (Lipinski definition) is 1. The van der Waals surface area contributed by atoms with Crippen molar-refractivity contribution in [2.75, 3.05) is 6.54 Å². The van der Waals surface area contributed by atoms with E-state index in [1.54, 1.807) is 11.3 Å². The highest BCUT2D eigenvalue weighted by Crippen LogP contribution is 2.42. The molecular formula is C17H20N2OS. The van der Waals surface area contributed by atoms with Crippen molar-refractivity contribution in [2.24, 2.45) is 0 Å². The Morgan fingerprint density at radius 2 is 2.10 bits per heavy atom. The first-order valence-electron chi connectivity index (χ1n) is 7.53. The maximum absolute atomic E-state index is 12.2. The van der Waals surface area contributed by atoms with Crippen molar-refractivity contribution in [3.63, 3.8) is 0 Å². The molecule has 0 bridgehead atoms. The van der Waals surface area contributed by atoms with Gasteiger partial charge in [-0.1, -0.05) is 30.3 Å². The lowest BCUT2D eigenvalue weighted by Gasteiger charge is -2.04. The lowest BCUT2D eigenvalue weighted by atomic mass is 10.1. The van der Waals surface area contributed by atoms with Gasteiger partial charge in [0.05, 0.1) is 10.7 Å². The van der Waals surface area contributed by atoms with Crippen LogP contribution in [0.2, 0.25) is 0 Å². The minimum absolute atomic E-state index is 0.0324. The number of carbonyl (C=O) groups is 1. The standard InChI is InChI=1S/C17H20N2OS/c1-12-15(21-17(19-12)14-9-10-14)16(20)18-11-5-8-13-6-3-2-4-7-13/h2-4,6-7,14H,5,8-11H2,1H3,(H,18,20). The first-order valence-corrected chi connectivity index (χ1v) is 8.35. The van der Waals surface area contributed by atoms with Gasteiger partial charge in [0, 0.05) is 12.5 Å². The molecule has 3 nitrogen and oxygen atoms in total. The smallest absolute Gasteiger partial charge is 0.263 e. The fourth-order valence-electron chi connectivity index (χ4n) is 2.35. The van der Waals surface area contributed by atoms with Gasteiger partial charge < -0.3 is 5.32 Å². The van der Waals surface area contributed by atoms with Gasteiger partial charge in [0.15, 0.2) is 0 Å². The fraction of sp³-hybridized carbons (Fsp3) is 0.412. The minimum atomic E-state index is 0.0324. The van der Waals surface area contributed by atoms with Crippen LogP contribution in [0.15, 0.2) is 30.3 Å². The Kier molecular flexibility index (Phi) is 4.34. The van der Waals surface area contributed by atoms with Crippen LogP contribution in [0.25, 0.3) is 0 Å². The van der Waals surface area contributed by atoms with Gasteiger partial charge in [-0.2, -0.15) is 0 Å². The summed E-state index contributed by atoms with van der Waals surface area (Å²) >= 11 is 1.57. The zero-order chi connectivity index (χ0) is 14.7. The lowest BCUT2D eigenvalue weighted by molar-refractivity contribution is 0.0956. The third-order valence-electron chi connectivity index (χ3n) is 3.72. The van der Waals surface area contributed by atoms with E-state index in [9.17, 15) is 4.79 Å². The molecule has 0 spiro atoms. The quantitative estimate of drug-likeness (QED) is 0.827. The first-order chi connectivity index (χ1) is 10.2. The van der Waals surface area contributed by atoms with E-state index < -0.39 is 0 Å². The number of nitrogens with zero attached hydrogens (tertiary/aromatic N) is 1. The van der Waals surface area contributed by atoms with Crippen LogP contribution in [-0.4, -0.2) is 17.4 Å². The lowest BCUT2D eigenvalue weighted by Crippen LogP contribution is -2.24. The average Bonchev–Trinajstić information content (AvgIpc) is 3.27. The van der Waals surface area contributed by atoms with E-state index >= 15 is 0 Å². The Morgan fingerprint density at radius 3 is 2.81 bits per heavy atom. The van der Waals surface area contributed by atoms with Crippen LogP contribution >= 0.6 is 11.3 Å². The van der Waals surface area contributed by atoms with Gasteiger partial charge >= 0.3 is 0 Å². The molecule has 0 aliphatic heterocycles. The number of rotatable bonds is 6. The molecular weight excluding hydrogens is 280 g/mol. The molecule has 1 aliphatic rings. The molecule has 1 aliphatic carbocycles. The van der Waals surface area contributed by atoms with Gasteiger partial charge in [0.25, 0.3) is 5.91 Å². The largest absolute Gasteiger partial charge is 0.351 e. The molecule has 2 aromatic rings. The molecule has 3 rings (SSSR count). The summed E-state index contributed by atoms with van der Waals surface area (Å²) < 4.78 is 0. The van der Waals surface area contributed by atoms with E-state index in [-0.39, 0.29) is 5.91 Å². The topological polar surface area (TPSA) is 42.0 Å². The highest BCUT2D eigenvalue weighted by Gasteiger charge is 2.28. The van der Waals surface area contributed by atoms with Crippen molar-refractivity contribution < 1.29 is 4.79 Å². The van der Waals surface area contributed by atoms with E-state index in [0.29, 0.717) is 12.5 Å². The van der Waals surface area contributed by atoms with Gasteiger partial charge in [-0.05, 0) is 38.2 Å². The summed E-state index contributed by atoms with van der Waals surface area (Å²) in [5.41, 5.74) is 2.19. The molecule has 0 atom stereocenters. The van der Waals surface area contributed by atoms with Crippen LogP contribution < -0.4 is 5.32 Å². The summed E-state index contributed by atoms with van der Waals surface area (Å²) in [6, 6.07) is 10.4. The van der Waals surface area contributed by atoms with Gasteiger partial charge in [0.1, 0.15) is 4.88 Å². The third kappa shape index (κ3) is 3.70. The highest BCUT2D eigenvalue weighted by molar-refractivity contribution is 7.13. The molecule has 0 radical (unpaired) electrons. The van der Waals surface area contributed by atoms with Gasteiger partial charge in [0.2, 0.25) is 0 Å². The number of hydrogen-bond acceptors (Lipinski definition) is 3. The second-order valence-corrected chi connectivity index (χ2v) is 6.62. The Labute approximate surface area is 129 Å². The average molecular weight is 300 g/mol. The van der Waals surface area contributed by atoms with E-state index in [0.717, 1.165) is 28.4 Å². The van der Waals surface area contributed by atoms with Crippen LogP contribution in [-0.2, 0) is 6.42 Å². The van der Waals surface area contributed by atoms with Crippen molar-refractivity contribution in [1.29, 1.82) is 0 Å². The summed E-state index contributed by atoms with van der Waals surface area (Å²) in [7, 11) is 0. The zero-order valence-electron chi connectivity index (χ0n) is 12.3. The number of benzene rings is 1. The molecule has 4 heteroatoms. The van der Waals surface area contributed by atoms with E-state index in [2.05, 4.69) is 22.4 Å². The van der Waals surface area contributed by atoms with E-state index in [4.69, 9.17) is 0 Å². The molecule has 0 saturated heterocycles. The van der Waals surface area contributed by atoms with Crippen LogP contribution in [0, 0.1) is 6.92 Å². The van der Waals surface area contributed by atoms with Gasteiger partial charge in [-0.15, -0.1) is 11.3 Å². The summed E-state index contributed by atoms with van der Waals surface area (Å²) in [5, 5.41) is 4.15. The van der Waals surface area contributed by atoms with Gasteiger partial charge in [-0.25, -0.2) is 4.98 Å². The third-order valence-corrected chi connectivity index (χ3v) is 5.04. The summed E-state index contributed by atoms with van der Waals surface area (Å²) in [6.45, 7) is 2.64. The van der Waals surface area contributed by atoms with E-state index in [1.165, 1.54) is 18.4 Å². The molecule has 1 fully saturated rings. The number of aromatic nitrogens is 1. The summed E-state index contributed by atoms with van der Waals surface area (Å²) in [5.74, 6) is 0.651. The second-order valence-electron chi connectivity index (χ2n) is 5.59. The number of nitrogens with one attached hydrogen (secondary N) is 1. The fourth-order valence-corrected chi connectivity index (χ4v) is 3.50. The van der Waals surface area contributed by atoms with Crippen LogP contribution in [0.3, 0.4) is 0 Å². The first kappa shape index (κ1) is 14.3. The normalized spacial score (nSPS) is 14.1. The maximum atomic E-state index is 12.2. The Hall–Kier alpha value is -1.68. The van der Waals surface area contributed by atoms with Crippen LogP contribution in [0.1, 0.15) is 51.1 Å².